The molecule has 23 heavy (non-hydrogen) atoms. The number of aromatic nitrogens is 1. The van der Waals surface area contributed by atoms with E-state index in [0.717, 1.165) is 5.56 Å². The van der Waals surface area contributed by atoms with Crippen LogP contribution in [-0.2, 0) is 10.0 Å². The molecule has 2 N–H and O–H groups in total. The van der Waals surface area contributed by atoms with Crippen molar-refractivity contribution in [1.29, 1.82) is 0 Å². The Morgan fingerprint density at radius 1 is 1.35 bits per heavy atom. The van der Waals surface area contributed by atoms with E-state index in [-0.39, 0.29) is 15.9 Å². The lowest BCUT2D eigenvalue weighted by Crippen LogP contribution is -2.28. The molecule has 0 aliphatic heterocycles. The zero-order valence-corrected chi connectivity index (χ0v) is 14.8. The van der Waals surface area contributed by atoms with E-state index in [0.29, 0.717) is 18.0 Å². The molecule has 0 aliphatic rings. The fraction of sp³-hybridized carbons (Fsp3) is 0.333. The molecule has 0 saturated carbocycles. The molecular weight excluding hydrogens is 334 g/mol. The van der Waals surface area contributed by atoms with Crippen LogP contribution in [-0.4, -0.2) is 25.9 Å². The van der Waals surface area contributed by atoms with E-state index >= 15 is 0 Å². The summed E-state index contributed by atoms with van der Waals surface area (Å²) in [5.41, 5.74) is 1.08. The molecule has 1 heterocycles. The Morgan fingerprint density at radius 3 is 2.70 bits per heavy atom. The molecule has 1 aromatic carbocycles. The van der Waals surface area contributed by atoms with Gasteiger partial charge in [0.1, 0.15) is 0 Å². The van der Waals surface area contributed by atoms with Gasteiger partial charge in [0.2, 0.25) is 0 Å². The van der Waals surface area contributed by atoms with Crippen molar-refractivity contribution in [2.45, 2.75) is 25.7 Å². The Bertz CT molecular complexity index is 784. The number of sulfonamides is 1. The molecular formula is C15H19N3O3S2. The number of thiazole rings is 1. The van der Waals surface area contributed by atoms with Gasteiger partial charge in [-0.15, -0.1) is 11.3 Å². The van der Waals surface area contributed by atoms with Crippen LogP contribution in [0.15, 0.2) is 34.7 Å². The SMILES string of the molecule is Cc1ccc(S(=O)(=O)Nc2nccs2)cc1C(=O)NCC(C)C. The largest absolute Gasteiger partial charge is 0.352 e. The van der Waals surface area contributed by atoms with Crippen molar-refractivity contribution in [1.82, 2.24) is 10.3 Å². The van der Waals surface area contributed by atoms with Crippen molar-refractivity contribution in [3.05, 3.63) is 40.9 Å². The number of amides is 1. The molecule has 6 nitrogen and oxygen atoms in total. The molecule has 2 aromatic rings. The predicted octanol–water partition coefficient (Wildman–Crippen LogP) is 2.64. The molecule has 0 atom stereocenters. The van der Waals surface area contributed by atoms with Crippen molar-refractivity contribution in [3.63, 3.8) is 0 Å². The zero-order chi connectivity index (χ0) is 17.0. The van der Waals surface area contributed by atoms with E-state index in [2.05, 4.69) is 15.0 Å². The maximum atomic E-state index is 12.4. The maximum absolute atomic E-state index is 12.4. The van der Waals surface area contributed by atoms with Crippen molar-refractivity contribution in [2.75, 3.05) is 11.3 Å². The molecule has 1 aromatic heterocycles. The number of aryl methyl sites for hydroxylation is 1. The molecule has 8 heteroatoms. The molecule has 0 radical (unpaired) electrons. The number of nitrogens with zero attached hydrogens (tertiary/aromatic N) is 1. The van der Waals surface area contributed by atoms with E-state index in [1.165, 1.54) is 29.7 Å². The second-order valence-electron chi connectivity index (χ2n) is 5.52. The highest BCUT2D eigenvalue weighted by atomic mass is 32.2. The van der Waals surface area contributed by atoms with E-state index in [1.54, 1.807) is 18.4 Å². The Labute approximate surface area is 140 Å². The quantitative estimate of drug-likeness (QED) is 0.835. The third-order valence-electron chi connectivity index (χ3n) is 3.09. The maximum Gasteiger partial charge on any atom is 0.263 e. The minimum absolute atomic E-state index is 0.0352. The second-order valence-corrected chi connectivity index (χ2v) is 8.10. The summed E-state index contributed by atoms with van der Waals surface area (Å²) >= 11 is 1.19. The number of nitrogens with one attached hydrogen (secondary N) is 2. The first kappa shape index (κ1) is 17.4. The van der Waals surface area contributed by atoms with Crippen LogP contribution in [0.2, 0.25) is 0 Å². The minimum Gasteiger partial charge on any atom is -0.352 e. The highest BCUT2D eigenvalue weighted by Crippen LogP contribution is 2.20. The first-order valence-electron chi connectivity index (χ1n) is 7.11. The van der Waals surface area contributed by atoms with Gasteiger partial charge in [-0.2, -0.15) is 0 Å². The summed E-state index contributed by atoms with van der Waals surface area (Å²) in [6.07, 6.45) is 1.52. The van der Waals surface area contributed by atoms with Gasteiger partial charge in [0.15, 0.2) is 5.13 Å². The smallest absolute Gasteiger partial charge is 0.263 e. The van der Waals surface area contributed by atoms with Crippen LogP contribution >= 0.6 is 11.3 Å². The van der Waals surface area contributed by atoms with Gasteiger partial charge in [0.25, 0.3) is 15.9 Å². The fourth-order valence-electron chi connectivity index (χ4n) is 1.85. The standard InChI is InChI=1S/C15H19N3O3S2/c1-10(2)9-17-14(19)13-8-12(5-4-11(13)3)23(20,21)18-15-16-6-7-22-15/h4-8,10H,9H2,1-3H3,(H,16,18)(H,17,19). The molecule has 1 amide bonds. The Kier molecular flexibility index (Phi) is 5.38. The van der Waals surface area contributed by atoms with E-state index < -0.39 is 10.0 Å². The summed E-state index contributed by atoms with van der Waals surface area (Å²) in [4.78, 5) is 16.2. The first-order valence-corrected chi connectivity index (χ1v) is 9.47. The third kappa shape index (κ3) is 4.52. The zero-order valence-electron chi connectivity index (χ0n) is 13.2. The van der Waals surface area contributed by atoms with Crippen LogP contribution in [0.25, 0.3) is 0 Å². The molecule has 0 aliphatic carbocycles. The third-order valence-corrected chi connectivity index (χ3v) is 5.24. The monoisotopic (exact) mass is 353 g/mol. The van der Waals surface area contributed by atoms with Gasteiger partial charge in [0, 0.05) is 23.7 Å². The van der Waals surface area contributed by atoms with Gasteiger partial charge >= 0.3 is 0 Å². The number of carbonyl (C=O) groups excluding carboxylic acids is 1. The Hall–Kier alpha value is -1.93. The Balaban J connectivity index is 2.27. The second kappa shape index (κ2) is 7.10. The lowest BCUT2D eigenvalue weighted by atomic mass is 10.1. The number of rotatable bonds is 6. The number of benzene rings is 1. The summed E-state index contributed by atoms with van der Waals surface area (Å²) in [5.74, 6) is 0.0419. The van der Waals surface area contributed by atoms with Crippen molar-refractivity contribution < 1.29 is 13.2 Å². The summed E-state index contributed by atoms with van der Waals surface area (Å²) in [7, 11) is -3.77. The number of carbonyl (C=O) groups is 1. The molecule has 0 unspecified atom stereocenters. The van der Waals surface area contributed by atoms with Crippen molar-refractivity contribution in [3.8, 4) is 0 Å². The van der Waals surface area contributed by atoms with Gasteiger partial charge in [-0.1, -0.05) is 19.9 Å². The van der Waals surface area contributed by atoms with Gasteiger partial charge in [0.05, 0.1) is 4.90 Å². The van der Waals surface area contributed by atoms with Gasteiger partial charge < -0.3 is 5.32 Å². The van der Waals surface area contributed by atoms with Gasteiger partial charge in [-0.05, 0) is 30.5 Å². The summed E-state index contributed by atoms with van der Waals surface area (Å²) in [5, 5.41) is 4.77. The van der Waals surface area contributed by atoms with Crippen molar-refractivity contribution in [2.24, 2.45) is 5.92 Å². The summed E-state index contributed by atoms with van der Waals surface area (Å²) in [6.45, 7) is 6.29. The highest BCUT2D eigenvalue weighted by molar-refractivity contribution is 7.93. The topological polar surface area (TPSA) is 88.2 Å². The lowest BCUT2D eigenvalue weighted by Gasteiger charge is -2.12. The average molecular weight is 353 g/mol. The predicted molar refractivity (Wildman–Crippen MR) is 91.3 cm³/mol. The van der Waals surface area contributed by atoms with Crippen molar-refractivity contribution >= 4 is 32.4 Å². The molecule has 0 fully saturated rings. The van der Waals surface area contributed by atoms with Gasteiger partial charge in [-0.3, -0.25) is 9.52 Å². The first-order chi connectivity index (χ1) is 10.8. The number of hydrogen-bond acceptors (Lipinski definition) is 5. The number of anilines is 1. The van der Waals surface area contributed by atoms with Crippen LogP contribution in [0.4, 0.5) is 5.13 Å². The number of hydrogen-bond donors (Lipinski definition) is 2. The molecule has 0 spiro atoms. The van der Waals surface area contributed by atoms with Crippen LogP contribution in [0.3, 0.4) is 0 Å². The van der Waals surface area contributed by atoms with E-state index in [4.69, 9.17) is 0 Å². The summed E-state index contributed by atoms with van der Waals surface area (Å²) in [6, 6.07) is 4.49. The molecule has 0 bridgehead atoms. The van der Waals surface area contributed by atoms with E-state index in [1.807, 2.05) is 13.8 Å². The summed E-state index contributed by atoms with van der Waals surface area (Å²) < 4.78 is 27.1. The average Bonchev–Trinajstić information content (AvgIpc) is 2.97. The lowest BCUT2D eigenvalue weighted by molar-refractivity contribution is 0.0948. The van der Waals surface area contributed by atoms with Crippen LogP contribution < -0.4 is 10.0 Å². The molecule has 0 saturated heterocycles. The minimum atomic E-state index is -3.77. The normalized spacial score (nSPS) is 11.5. The van der Waals surface area contributed by atoms with Gasteiger partial charge in [-0.25, -0.2) is 13.4 Å². The molecule has 124 valence electrons. The van der Waals surface area contributed by atoms with Crippen LogP contribution in [0.1, 0.15) is 29.8 Å². The van der Waals surface area contributed by atoms with Crippen LogP contribution in [0, 0.1) is 12.8 Å². The highest BCUT2D eigenvalue weighted by Gasteiger charge is 2.19. The van der Waals surface area contributed by atoms with Crippen LogP contribution in [0.5, 0.6) is 0 Å². The molecule has 2 rings (SSSR count). The fourth-order valence-corrected chi connectivity index (χ4v) is 3.67. The van der Waals surface area contributed by atoms with E-state index in [9.17, 15) is 13.2 Å². The Morgan fingerprint density at radius 2 is 2.09 bits per heavy atom.